The maximum Gasteiger partial charge on any atom is 0.305 e. The van der Waals surface area contributed by atoms with Crippen LogP contribution in [-0.4, -0.2) is 23.6 Å². The molecule has 0 fully saturated rings. The largest absolute Gasteiger partial charge is 0.466 e. The number of aryl methyl sites for hydroxylation is 1. The molecule has 0 aliphatic carbocycles. The Hall–Kier alpha value is -1.94. The van der Waals surface area contributed by atoms with Crippen LogP contribution < -0.4 is 5.73 Å². The van der Waals surface area contributed by atoms with Crippen molar-refractivity contribution in [3.63, 3.8) is 0 Å². The average Bonchev–Trinajstić information content (AvgIpc) is 2.46. The van der Waals surface area contributed by atoms with E-state index >= 15 is 0 Å². The highest BCUT2D eigenvalue weighted by molar-refractivity contribution is 5.79. The zero-order valence-electron chi connectivity index (χ0n) is 12.6. The van der Waals surface area contributed by atoms with Crippen molar-refractivity contribution in [2.24, 2.45) is 5.73 Å². The van der Waals surface area contributed by atoms with Gasteiger partial charge in [-0.25, -0.2) is 0 Å². The molecule has 1 aromatic heterocycles. The predicted molar refractivity (Wildman–Crippen MR) is 84.0 cm³/mol. The maximum atomic E-state index is 11.3. The van der Waals surface area contributed by atoms with Crippen LogP contribution in [0.4, 0.5) is 0 Å². The summed E-state index contributed by atoms with van der Waals surface area (Å²) in [5, 5.41) is 1.12. The first-order chi connectivity index (χ1) is 10.1. The van der Waals surface area contributed by atoms with Crippen LogP contribution in [0.3, 0.4) is 0 Å². The maximum absolute atomic E-state index is 11.3. The van der Waals surface area contributed by atoms with Crippen molar-refractivity contribution >= 4 is 16.9 Å². The monoisotopic (exact) mass is 286 g/mol. The number of ether oxygens (including phenoxy) is 1. The molecular weight excluding hydrogens is 264 g/mol. The van der Waals surface area contributed by atoms with Crippen molar-refractivity contribution in [2.75, 3.05) is 6.61 Å². The second-order valence-corrected chi connectivity index (χ2v) is 5.29. The smallest absolute Gasteiger partial charge is 0.305 e. The van der Waals surface area contributed by atoms with Crippen molar-refractivity contribution in [2.45, 2.75) is 39.2 Å². The van der Waals surface area contributed by atoms with Gasteiger partial charge in [0, 0.05) is 23.5 Å². The SMILES string of the molecule is CCOC(=O)CCC(N)Cc1ccc2nc(C)ccc2c1. The molecule has 0 spiro atoms. The van der Waals surface area contributed by atoms with Crippen LogP contribution in [0.15, 0.2) is 30.3 Å². The molecule has 1 atom stereocenters. The summed E-state index contributed by atoms with van der Waals surface area (Å²) in [6.07, 6.45) is 1.77. The van der Waals surface area contributed by atoms with Gasteiger partial charge in [0.1, 0.15) is 0 Å². The molecular formula is C17H22N2O2. The number of hydrogen-bond acceptors (Lipinski definition) is 4. The zero-order chi connectivity index (χ0) is 15.2. The topological polar surface area (TPSA) is 65.2 Å². The number of nitrogens with zero attached hydrogens (tertiary/aromatic N) is 1. The molecule has 112 valence electrons. The molecule has 1 heterocycles. The van der Waals surface area contributed by atoms with Crippen molar-refractivity contribution in [3.05, 3.63) is 41.6 Å². The summed E-state index contributed by atoms with van der Waals surface area (Å²) >= 11 is 0. The molecule has 21 heavy (non-hydrogen) atoms. The first-order valence-electron chi connectivity index (χ1n) is 7.36. The summed E-state index contributed by atoms with van der Waals surface area (Å²) in [7, 11) is 0. The Kier molecular flexibility index (Phi) is 5.28. The summed E-state index contributed by atoms with van der Waals surface area (Å²) in [4.78, 5) is 15.8. The van der Waals surface area contributed by atoms with E-state index in [1.165, 1.54) is 5.56 Å². The lowest BCUT2D eigenvalue weighted by Crippen LogP contribution is -2.24. The Morgan fingerprint density at radius 1 is 1.33 bits per heavy atom. The van der Waals surface area contributed by atoms with E-state index in [1.807, 2.05) is 26.0 Å². The Balaban J connectivity index is 1.96. The number of benzene rings is 1. The highest BCUT2D eigenvalue weighted by atomic mass is 16.5. The van der Waals surface area contributed by atoms with Crippen LogP contribution in [0, 0.1) is 6.92 Å². The van der Waals surface area contributed by atoms with Crippen LogP contribution in [0.25, 0.3) is 10.9 Å². The Morgan fingerprint density at radius 3 is 2.90 bits per heavy atom. The Bertz CT molecular complexity index is 625. The van der Waals surface area contributed by atoms with E-state index in [4.69, 9.17) is 10.5 Å². The molecule has 2 rings (SSSR count). The number of aromatic nitrogens is 1. The number of esters is 1. The molecule has 4 heteroatoms. The lowest BCUT2D eigenvalue weighted by atomic mass is 10.0. The number of fused-ring (bicyclic) bond motifs is 1. The average molecular weight is 286 g/mol. The number of rotatable bonds is 6. The quantitative estimate of drug-likeness (QED) is 0.829. The van der Waals surface area contributed by atoms with E-state index < -0.39 is 0 Å². The molecule has 0 aliphatic rings. The van der Waals surface area contributed by atoms with Crippen LogP contribution in [0.1, 0.15) is 31.0 Å². The second kappa shape index (κ2) is 7.18. The molecule has 0 aliphatic heterocycles. The van der Waals surface area contributed by atoms with E-state index in [9.17, 15) is 4.79 Å². The first-order valence-corrected chi connectivity index (χ1v) is 7.36. The number of nitrogens with two attached hydrogens (primary N) is 1. The number of pyridine rings is 1. The molecule has 2 N–H and O–H groups in total. The van der Waals surface area contributed by atoms with Gasteiger partial charge in [0.05, 0.1) is 12.1 Å². The van der Waals surface area contributed by atoms with Crippen LogP contribution in [0.2, 0.25) is 0 Å². The van der Waals surface area contributed by atoms with Crippen molar-refractivity contribution in [3.8, 4) is 0 Å². The van der Waals surface area contributed by atoms with Crippen molar-refractivity contribution in [1.82, 2.24) is 4.98 Å². The third kappa shape index (κ3) is 4.53. The summed E-state index contributed by atoms with van der Waals surface area (Å²) in [6.45, 7) is 4.21. The van der Waals surface area contributed by atoms with Crippen molar-refractivity contribution < 1.29 is 9.53 Å². The molecule has 1 aromatic carbocycles. The molecule has 2 aromatic rings. The highest BCUT2D eigenvalue weighted by Crippen LogP contribution is 2.16. The van der Waals surface area contributed by atoms with E-state index in [1.54, 1.807) is 0 Å². The van der Waals surface area contributed by atoms with E-state index in [0.29, 0.717) is 19.4 Å². The minimum atomic E-state index is -0.175. The van der Waals surface area contributed by atoms with Crippen LogP contribution >= 0.6 is 0 Å². The third-order valence-electron chi connectivity index (χ3n) is 3.42. The molecule has 4 nitrogen and oxygen atoms in total. The van der Waals surface area contributed by atoms with Gasteiger partial charge in [-0.15, -0.1) is 0 Å². The fourth-order valence-electron chi connectivity index (χ4n) is 2.35. The summed E-state index contributed by atoms with van der Waals surface area (Å²) < 4.78 is 4.91. The molecule has 1 unspecified atom stereocenters. The second-order valence-electron chi connectivity index (χ2n) is 5.29. The van der Waals surface area contributed by atoms with Gasteiger partial charge in [-0.3, -0.25) is 9.78 Å². The Labute approximate surface area is 125 Å². The van der Waals surface area contributed by atoms with Crippen molar-refractivity contribution in [1.29, 1.82) is 0 Å². The van der Waals surface area contributed by atoms with E-state index in [2.05, 4.69) is 23.2 Å². The number of hydrogen-bond donors (Lipinski definition) is 1. The lowest BCUT2D eigenvalue weighted by Gasteiger charge is -2.12. The standard InChI is InChI=1S/C17H22N2O2/c1-3-21-17(20)9-7-15(18)11-13-5-8-16-14(10-13)6-4-12(2)19-16/h4-6,8,10,15H,3,7,9,11,18H2,1-2H3. The van der Waals surface area contributed by atoms with Crippen LogP contribution in [-0.2, 0) is 16.0 Å². The third-order valence-corrected chi connectivity index (χ3v) is 3.42. The van der Waals surface area contributed by atoms with E-state index in [0.717, 1.165) is 23.0 Å². The molecule has 0 bridgehead atoms. The van der Waals surface area contributed by atoms with Crippen LogP contribution in [0.5, 0.6) is 0 Å². The molecule has 0 amide bonds. The first kappa shape index (κ1) is 15.4. The summed E-state index contributed by atoms with van der Waals surface area (Å²) in [6, 6.07) is 10.2. The Morgan fingerprint density at radius 2 is 2.14 bits per heavy atom. The number of carbonyl (C=O) groups is 1. The van der Waals surface area contributed by atoms with E-state index in [-0.39, 0.29) is 12.0 Å². The van der Waals surface area contributed by atoms with Gasteiger partial charge in [-0.2, -0.15) is 0 Å². The summed E-state index contributed by atoms with van der Waals surface area (Å²) in [5.74, 6) is -0.175. The molecule has 0 saturated heterocycles. The predicted octanol–water partition coefficient (Wildman–Crippen LogP) is 2.76. The van der Waals surface area contributed by atoms with Gasteiger partial charge in [-0.05, 0) is 50.5 Å². The zero-order valence-corrected chi connectivity index (χ0v) is 12.6. The fourth-order valence-corrected chi connectivity index (χ4v) is 2.35. The van der Waals surface area contributed by atoms with Gasteiger partial charge >= 0.3 is 5.97 Å². The molecule has 0 saturated carbocycles. The highest BCUT2D eigenvalue weighted by Gasteiger charge is 2.09. The van der Waals surface area contributed by atoms with Gasteiger partial charge < -0.3 is 10.5 Å². The number of carbonyl (C=O) groups excluding carboxylic acids is 1. The van der Waals surface area contributed by atoms with Gasteiger partial charge in [0.2, 0.25) is 0 Å². The molecule has 0 radical (unpaired) electrons. The minimum absolute atomic E-state index is 0.0368. The normalized spacial score (nSPS) is 12.3. The fraction of sp³-hybridized carbons (Fsp3) is 0.412. The van der Waals surface area contributed by atoms with Gasteiger partial charge in [0.15, 0.2) is 0 Å². The lowest BCUT2D eigenvalue weighted by molar-refractivity contribution is -0.143. The van der Waals surface area contributed by atoms with Gasteiger partial charge in [0.25, 0.3) is 0 Å². The van der Waals surface area contributed by atoms with Gasteiger partial charge in [-0.1, -0.05) is 12.1 Å². The summed E-state index contributed by atoms with van der Waals surface area (Å²) in [5.41, 5.74) is 9.28. The minimum Gasteiger partial charge on any atom is -0.466 e.